The van der Waals surface area contributed by atoms with E-state index in [0.29, 0.717) is 10.9 Å². The van der Waals surface area contributed by atoms with Gasteiger partial charge in [0, 0.05) is 20.3 Å². The molecule has 0 N–H and O–H groups in total. The first-order valence-electron chi connectivity index (χ1n) is 3.37. The molecular formula is C7H9FIN3. The van der Waals surface area contributed by atoms with Gasteiger partial charge in [0.25, 0.3) is 0 Å². The molecule has 1 rings (SSSR count). The van der Waals surface area contributed by atoms with Gasteiger partial charge >= 0.3 is 0 Å². The third-order valence-electron chi connectivity index (χ3n) is 1.39. The zero-order chi connectivity index (χ0) is 9.14. The summed E-state index contributed by atoms with van der Waals surface area (Å²) in [4.78, 5) is 3.90. The van der Waals surface area contributed by atoms with Crippen molar-refractivity contribution in [3.8, 4) is 0 Å². The van der Waals surface area contributed by atoms with Crippen LogP contribution in [0.15, 0.2) is 18.3 Å². The minimum absolute atomic E-state index is 0.328. The number of nitrogens with zero attached hydrogens (tertiary/aromatic N) is 3. The van der Waals surface area contributed by atoms with Crippen LogP contribution >= 0.6 is 22.9 Å². The Morgan fingerprint density at radius 3 is 2.58 bits per heavy atom. The molecule has 0 atom stereocenters. The van der Waals surface area contributed by atoms with E-state index >= 15 is 0 Å². The molecule has 1 aromatic heterocycles. The topological polar surface area (TPSA) is 19.4 Å². The minimum Gasteiger partial charge on any atom is -0.314 e. The van der Waals surface area contributed by atoms with Crippen molar-refractivity contribution in [2.45, 2.75) is 0 Å². The molecule has 0 radical (unpaired) electrons. The summed E-state index contributed by atoms with van der Waals surface area (Å²) in [5.41, 5.74) is 0.753. The number of anilines is 2. The van der Waals surface area contributed by atoms with E-state index in [-0.39, 0.29) is 0 Å². The van der Waals surface area contributed by atoms with Crippen LogP contribution in [0.1, 0.15) is 0 Å². The average Bonchev–Trinajstić information content (AvgIpc) is 2.04. The molecule has 0 bridgehead atoms. The van der Waals surface area contributed by atoms with E-state index < -0.39 is 0 Å². The lowest BCUT2D eigenvalue weighted by molar-refractivity contribution is 0.470. The molecule has 0 unspecified atom stereocenters. The van der Waals surface area contributed by atoms with Gasteiger partial charge in [-0.25, -0.2) is 4.98 Å². The lowest BCUT2D eigenvalue weighted by atomic mass is 10.4. The Morgan fingerprint density at radius 1 is 1.50 bits per heavy atom. The fourth-order valence-corrected chi connectivity index (χ4v) is 1.24. The maximum absolute atomic E-state index is 12.8. The molecule has 66 valence electrons. The molecule has 0 fully saturated rings. The van der Waals surface area contributed by atoms with Gasteiger partial charge in [0.05, 0.1) is 28.6 Å². The highest BCUT2D eigenvalue weighted by Crippen LogP contribution is 2.26. The quantitative estimate of drug-likeness (QED) is 0.612. The number of rotatable bonds is 2. The maximum Gasteiger partial charge on any atom is 0.181 e. The normalized spacial score (nSPS) is 9.67. The smallest absolute Gasteiger partial charge is 0.181 e. The van der Waals surface area contributed by atoms with Gasteiger partial charge in [-0.2, -0.15) is 5.12 Å². The van der Waals surface area contributed by atoms with Gasteiger partial charge in [0.15, 0.2) is 5.82 Å². The second kappa shape index (κ2) is 3.88. The Hall–Kier alpha value is -0.590. The van der Waals surface area contributed by atoms with Crippen molar-refractivity contribution >= 4 is 34.4 Å². The third kappa shape index (κ3) is 1.96. The van der Waals surface area contributed by atoms with Crippen LogP contribution in [0, 0.1) is 0 Å². The predicted molar refractivity (Wildman–Crippen MR) is 56.2 cm³/mol. The van der Waals surface area contributed by atoms with Gasteiger partial charge in [0.2, 0.25) is 0 Å². The number of pyridine rings is 1. The summed E-state index contributed by atoms with van der Waals surface area (Å²) < 4.78 is 14.6. The third-order valence-corrected chi connectivity index (χ3v) is 1.91. The van der Waals surface area contributed by atoms with E-state index in [0.717, 1.165) is 5.69 Å². The summed E-state index contributed by atoms with van der Waals surface area (Å²) in [6.07, 6.45) is 1.56. The molecule has 0 saturated heterocycles. The fourth-order valence-electron chi connectivity index (χ4n) is 0.866. The molecule has 0 saturated carbocycles. The van der Waals surface area contributed by atoms with E-state index in [1.54, 1.807) is 15.4 Å². The molecule has 3 nitrogen and oxygen atoms in total. The summed E-state index contributed by atoms with van der Waals surface area (Å²) in [6.45, 7) is 0. The molecule has 1 heterocycles. The highest BCUT2D eigenvalue weighted by Gasteiger charge is 2.09. The number of hydrogen-bond donors (Lipinski definition) is 0. The lowest BCUT2D eigenvalue weighted by Gasteiger charge is -2.15. The maximum atomic E-state index is 12.8. The average molecular weight is 281 g/mol. The molecule has 1 aromatic rings. The van der Waals surface area contributed by atoms with E-state index in [2.05, 4.69) is 27.8 Å². The van der Waals surface area contributed by atoms with Crippen LogP contribution in [0.5, 0.6) is 0 Å². The van der Waals surface area contributed by atoms with Crippen molar-refractivity contribution in [1.82, 2.24) is 4.98 Å². The second-order valence-electron chi connectivity index (χ2n) is 2.30. The molecule has 0 aliphatic rings. The van der Waals surface area contributed by atoms with Crippen LogP contribution in [0.3, 0.4) is 0 Å². The summed E-state index contributed by atoms with van der Waals surface area (Å²) in [5, 5.41) is 0.504. The molecular weight excluding hydrogens is 272 g/mol. The first-order chi connectivity index (χ1) is 5.63. The minimum atomic E-state index is 0.328. The molecule has 5 heteroatoms. The van der Waals surface area contributed by atoms with E-state index in [9.17, 15) is 4.48 Å². The standard InChI is InChI=1S/C7H9FIN3/c1-11(8)7-6(12(2)9)4-3-5-10-7/h3-5H,1-2H3. The molecule has 0 amide bonds. The summed E-state index contributed by atoms with van der Waals surface area (Å²) >= 11 is 2.07. The number of halogens is 2. The van der Waals surface area contributed by atoms with Crippen molar-refractivity contribution in [2.24, 2.45) is 0 Å². The Kier molecular flexibility index (Phi) is 3.07. The first kappa shape index (κ1) is 9.50. The van der Waals surface area contributed by atoms with Crippen LogP contribution < -0.4 is 8.24 Å². The molecule has 0 aromatic carbocycles. The van der Waals surface area contributed by atoms with Crippen molar-refractivity contribution in [3.05, 3.63) is 18.3 Å². The molecule has 12 heavy (non-hydrogen) atoms. The van der Waals surface area contributed by atoms with Crippen molar-refractivity contribution in [3.63, 3.8) is 0 Å². The number of aromatic nitrogens is 1. The Morgan fingerprint density at radius 2 is 2.17 bits per heavy atom. The van der Waals surface area contributed by atoms with Gasteiger partial charge in [-0.1, -0.05) is 4.48 Å². The first-order valence-corrected chi connectivity index (χ1v) is 4.33. The van der Waals surface area contributed by atoms with Crippen molar-refractivity contribution < 1.29 is 4.48 Å². The van der Waals surface area contributed by atoms with Crippen LogP contribution in [-0.4, -0.2) is 19.1 Å². The van der Waals surface area contributed by atoms with Gasteiger partial charge in [-0.05, 0) is 12.1 Å². The fraction of sp³-hybridized carbons (Fsp3) is 0.286. The molecule has 0 aliphatic heterocycles. The Bertz CT molecular complexity index is 238. The largest absolute Gasteiger partial charge is 0.314 e. The highest BCUT2D eigenvalue weighted by atomic mass is 127. The van der Waals surface area contributed by atoms with E-state index in [1.807, 2.05) is 13.1 Å². The van der Waals surface area contributed by atoms with Crippen LogP contribution in [0.4, 0.5) is 16.0 Å². The SMILES string of the molecule is CN(F)c1ncccc1N(C)I. The zero-order valence-electron chi connectivity index (χ0n) is 6.83. The van der Waals surface area contributed by atoms with Crippen LogP contribution in [-0.2, 0) is 0 Å². The van der Waals surface area contributed by atoms with Gasteiger partial charge in [-0.3, -0.25) is 0 Å². The lowest BCUT2D eigenvalue weighted by Crippen LogP contribution is -2.10. The van der Waals surface area contributed by atoms with Crippen LogP contribution in [0.25, 0.3) is 0 Å². The Labute approximate surface area is 84.6 Å². The van der Waals surface area contributed by atoms with E-state index in [1.165, 1.54) is 7.05 Å². The van der Waals surface area contributed by atoms with Gasteiger partial charge in [-0.15, -0.1) is 0 Å². The van der Waals surface area contributed by atoms with Crippen LogP contribution in [0.2, 0.25) is 0 Å². The Balaban J connectivity index is 3.09. The molecule has 0 aliphatic carbocycles. The summed E-state index contributed by atoms with van der Waals surface area (Å²) in [7, 11) is 3.16. The summed E-state index contributed by atoms with van der Waals surface area (Å²) in [6, 6.07) is 3.59. The second-order valence-corrected chi connectivity index (χ2v) is 3.75. The monoisotopic (exact) mass is 281 g/mol. The zero-order valence-corrected chi connectivity index (χ0v) is 8.99. The van der Waals surface area contributed by atoms with Crippen molar-refractivity contribution in [1.29, 1.82) is 0 Å². The van der Waals surface area contributed by atoms with Crippen molar-refractivity contribution in [2.75, 3.05) is 22.3 Å². The van der Waals surface area contributed by atoms with Gasteiger partial charge in [0.1, 0.15) is 0 Å². The number of hydrogen-bond acceptors (Lipinski definition) is 3. The van der Waals surface area contributed by atoms with Gasteiger partial charge < -0.3 is 3.11 Å². The predicted octanol–water partition coefficient (Wildman–Crippen LogP) is 2.19. The summed E-state index contributed by atoms with van der Waals surface area (Å²) in [5.74, 6) is 0.328. The highest BCUT2D eigenvalue weighted by molar-refractivity contribution is 14.1. The van der Waals surface area contributed by atoms with E-state index in [4.69, 9.17) is 0 Å². The molecule has 0 spiro atoms.